The van der Waals surface area contributed by atoms with Crippen LogP contribution in [-0.4, -0.2) is 79.6 Å². The third-order valence-electron chi connectivity index (χ3n) is 5.28. The van der Waals surface area contributed by atoms with Crippen molar-refractivity contribution in [3.8, 4) is 5.75 Å². The van der Waals surface area contributed by atoms with Gasteiger partial charge in [-0.3, -0.25) is 9.80 Å². The smallest absolute Gasteiger partial charge is 0.122 e. The van der Waals surface area contributed by atoms with Gasteiger partial charge in [-0.15, -0.1) is 0 Å². The molecule has 2 saturated heterocycles. The van der Waals surface area contributed by atoms with Crippen LogP contribution < -0.4 is 4.74 Å². The Morgan fingerprint density at radius 3 is 2.80 bits per heavy atom. The van der Waals surface area contributed by atoms with Gasteiger partial charge in [0, 0.05) is 32.2 Å². The molecule has 25 heavy (non-hydrogen) atoms. The van der Waals surface area contributed by atoms with Crippen molar-refractivity contribution in [2.75, 3.05) is 52.5 Å². The Hall–Kier alpha value is -1.14. The number of aliphatic hydroxyl groups is 1. The number of aliphatic hydroxyl groups excluding tert-OH is 1. The minimum absolute atomic E-state index is 0.352. The van der Waals surface area contributed by atoms with Gasteiger partial charge < -0.3 is 14.6 Å². The second-order valence-electron chi connectivity index (χ2n) is 7.44. The maximum Gasteiger partial charge on any atom is 0.122 e. The van der Waals surface area contributed by atoms with E-state index in [0.717, 1.165) is 50.7 Å². The summed E-state index contributed by atoms with van der Waals surface area (Å²) in [6, 6.07) is 6.71. The lowest BCUT2D eigenvalue weighted by Gasteiger charge is -2.33. The summed E-state index contributed by atoms with van der Waals surface area (Å²) in [5, 5.41) is 10.4. The Kier molecular flexibility index (Phi) is 6.70. The van der Waals surface area contributed by atoms with E-state index in [2.05, 4.69) is 22.8 Å². The largest absolute Gasteiger partial charge is 0.491 e. The summed E-state index contributed by atoms with van der Waals surface area (Å²) in [6.07, 6.45) is 1.99. The highest BCUT2D eigenvalue weighted by atomic mass is 16.5. The van der Waals surface area contributed by atoms with Gasteiger partial charge in [-0.05, 0) is 44.9 Å². The van der Waals surface area contributed by atoms with Gasteiger partial charge in [0.05, 0.1) is 13.2 Å². The number of hydrogen-bond donors (Lipinski definition) is 1. The lowest BCUT2D eigenvalue weighted by molar-refractivity contribution is 0.0182. The zero-order chi connectivity index (χ0) is 17.6. The van der Waals surface area contributed by atoms with Crippen molar-refractivity contribution >= 4 is 0 Å². The van der Waals surface area contributed by atoms with Crippen LogP contribution in [0, 0.1) is 13.8 Å². The van der Waals surface area contributed by atoms with Gasteiger partial charge in [0.25, 0.3) is 0 Å². The topological polar surface area (TPSA) is 45.2 Å². The number of likely N-dealkylation sites (tertiary alicyclic amines) is 1. The van der Waals surface area contributed by atoms with Crippen LogP contribution in [0.25, 0.3) is 0 Å². The molecule has 0 amide bonds. The van der Waals surface area contributed by atoms with E-state index < -0.39 is 6.10 Å². The highest BCUT2D eigenvalue weighted by molar-refractivity contribution is 5.35. The molecule has 1 N–H and O–H groups in total. The van der Waals surface area contributed by atoms with Crippen molar-refractivity contribution in [3.63, 3.8) is 0 Å². The second kappa shape index (κ2) is 8.99. The molecular formula is C20H32N2O3. The van der Waals surface area contributed by atoms with Gasteiger partial charge in [-0.25, -0.2) is 0 Å². The number of nitrogens with zero attached hydrogens (tertiary/aromatic N) is 2. The van der Waals surface area contributed by atoms with E-state index in [4.69, 9.17) is 9.47 Å². The van der Waals surface area contributed by atoms with Crippen LogP contribution in [0.4, 0.5) is 0 Å². The minimum Gasteiger partial charge on any atom is -0.491 e. The van der Waals surface area contributed by atoms with E-state index in [-0.39, 0.29) is 0 Å². The van der Waals surface area contributed by atoms with Crippen LogP contribution in [0.1, 0.15) is 24.0 Å². The molecule has 2 heterocycles. The van der Waals surface area contributed by atoms with Crippen molar-refractivity contribution in [1.82, 2.24) is 9.80 Å². The molecule has 0 bridgehead atoms. The summed E-state index contributed by atoms with van der Waals surface area (Å²) >= 11 is 0. The first-order valence-corrected chi connectivity index (χ1v) is 9.54. The van der Waals surface area contributed by atoms with Crippen LogP contribution >= 0.6 is 0 Å². The Balaban J connectivity index is 1.45. The van der Waals surface area contributed by atoms with Crippen molar-refractivity contribution in [2.45, 2.75) is 38.8 Å². The first-order valence-electron chi connectivity index (χ1n) is 9.54. The zero-order valence-electron chi connectivity index (χ0n) is 15.6. The van der Waals surface area contributed by atoms with Crippen LogP contribution in [0.3, 0.4) is 0 Å². The third kappa shape index (κ3) is 5.42. The van der Waals surface area contributed by atoms with E-state index in [0.29, 0.717) is 19.2 Å². The monoisotopic (exact) mass is 348 g/mol. The zero-order valence-corrected chi connectivity index (χ0v) is 15.6. The number of benzene rings is 1. The lowest BCUT2D eigenvalue weighted by Crippen LogP contribution is -2.47. The first kappa shape index (κ1) is 18.6. The maximum atomic E-state index is 10.4. The molecule has 5 heteroatoms. The molecule has 2 atom stereocenters. The van der Waals surface area contributed by atoms with Gasteiger partial charge >= 0.3 is 0 Å². The summed E-state index contributed by atoms with van der Waals surface area (Å²) in [5.41, 5.74) is 2.35. The molecule has 5 nitrogen and oxygen atoms in total. The van der Waals surface area contributed by atoms with Gasteiger partial charge in [0.15, 0.2) is 0 Å². The number of ether oxygens (including phenoxy) is 2. The van der Waals surface area contributed by atoms with Gasteiger partial charge in [0.1, 0.15) is 18.5 Å². The van der Waals surface area contributed by atoms with E-state index in [9.17, 15) is 5.11 Å². The molecule has 0 aromatic heterocycles. The lowest BCUT2D eigenvalue weighted by atomic mass is 10.1. The fourth-order valence-electron chi connectivity index (χ4n) is 3.89. The maximum absolute atomic E-state index is 10.4. The highest BCUT2D eigenvalue weighted by Gasteiger charge is 2.28. The fourth-order valence-corrected chi connectivity index (χ4v) is 3.89. The molecular weight excluding hydrogens is 316 g/mol. The van der Waals surface area contributed by atoms with E-state index >= 15 is 0 Å². The molecule has 0 saturated carbocycles. The van der Waals surface area contributed by atoms with Crippen LogP contribution in [0.5, 0.6) is 5.75 Å². The van der Waals surface area contributed by atoms with Crippen LogP contribution in [-0.2, 0) is 4.74 Å². The summed E-state index contributed by atoms with van der Waals surface area (Å²) in [6.45, 7) is 11.1. The number of hydrogen-bond acceptors (Lipinski definition) is 5. The van der Waals surface area contributed by atoms with Crippen molar-refractivity contribution in [1.29, 1.82) is 0 Å². The average Bonchev–Trinajstić information content (AvgIpc) is 3.02. The van der Waals surface area contributed by atoms with Gasteiger partial charge in [0.2, 0.25) is 0 Å². The van der Waals surface area contributed by atoms with Gasteiger partial charge in [-0.1, -0.05) is 17.7 Å². The molecule has 0 radical (unpaired) electrons. The average molecular weight is 348 g/mol. The molecule has 1 aromatic rings. The quantitative estimate of drug-likeness (QED) is 0.815. The summed E-state index contributed by atoms with van der Waals surface area (Å²) in [7, 11) is 0. The highest BCUT2D eigenvalue weighted by Crippen LogP contribution is 2.21. The van der Waals surface area contributed by atoms with Crippen molar-refractivity contribution < 1.29 is 14.6 Å². The first-order chi connectivity index (χ1) is 12.1. The molecule has 140 valence electrons. The van der Waals surface area contributed by atoms with E-state index in [1.807, 2.05) is 19.1 Å². The summed E-state index contributed by atoms with van der Waals surface area (Å²) in [5.74, 6) is 0.871. The van der Waals surface area contributed by atoms with E-state index in [1.54, 1.807) is 0 Å². The molecule has 2 aliphatic rings. The van der Waals surface area contributed by atoms with Crippen molar-refractivity contribution in [2.24, 2.45) is 0 Å². The Labute approximate surface area is 151 Å². The van der Waals surface area contributed by atoms with E-state index in [1.165, 1.54) is 18.4 Å². The Bertz CT molecular complexity index is 546. The summed E-state index contributed by atoms with van der Waals surface area (Å²) < 4.78 is 11.3. The Morgan fingerprint density at radius 2 is 2.04 bits per heavy atom. The molecule has 3 rings (SSSR count). The van der Waals surface area contributed by atoms with Crippen molar-refractivity contribution in [3.05, 3.63) is 29.3 Å². The number of aryl methyl sites for hydroxylation is 2. The normalized spacial score (nSPS) is 23.7. The van der Waals surface area contributed by atoms with Gasteiger partial charge in [-0.2, -0.15) is 0 Å². The minimum atomic E-state index is -0.453. The predicted molar refractivity (Wildman–Crippen MR) is 99.3 cm³/mol. The number of rotatable bonds is 7. The molecule has 0 spiro atoms. The molecule has 2 unspecified atom stereocenters. The van der Waals surface area contributed by atoms with Crippen LogP contribution in [0.15, 0.2) is 18.2 Å². The molecule has 2 aliphatic heterocycles. The number of β-amino-alcohol motifs (C(OH)–C–C–N with tert-alkyl or cyclic N) is 1. The fraction of sp³-hybridized carbons (Fsp3) is 0.700. The van der Waals surface area contributed by atoms with Crippen LogP contribution in [0.2, 0.25) is 0 Å². The molecule has 0 aliphatic carbocycles. The second-order valence-corrected chi connectivity index (χ2v) is 7.44. The number of morpholine rings is 1. The predicted octanol–water partition coefficient (Wildman–Crippen LogP) is 1.84. The summed E-state index contributed by atoms with van der Waals surface area (Å²) in [4.78, 5) is 4.93. The SMILES string of the molecule is Cc1ccc(OCC(O)CN2CCCC2CN2CCOCC2)c(C)c1. The standard InChI is InChI=1S/C20H32N2O3/c1-16-5-6-20(17(2)12-16)25-15-19(23)14-22-7-3-4-18(22)13-21-8-10-24-11-9-21/h5-6,12,18-19,23H,3-4,7-11,13-15H2,1-2H3. The third-order valence-corrected chi connectivity index (χ3v) is 5.28. The Morgan fingerprint density at radius 1 is 1.24 bits per heavy atom. The molecule has 1 aromatic carbocycles. The molecule has 2 fully saturated rings.